The molecule has 7 heteroatoms. The van der Waals surface area contributed by atoms with Crippen LogP contribution in [0.2, 0.25) is 0 Å². The number of benzene rings is 2. The van der Waals surface area contributed by atoms with E-state index in [0.29, 0.717) is 28.5 Å². The highest BCUT2D eigenvalue weighted by molar-refractivity contribution is 9.10. The molecular weight excluding hydrogens is 402 g/mol. The fourth-order valence-electron chi connectivity index (χ4n) is 2.00. The Morgan fingerprint density at radius 1 is 1.32 bits per heavy atom. The van der Waals surface area contributed by atoms with Gasteiger partial charge in [-0.3, -0.25) is 5.43 Å². The molecule has 0 fully saturated rings. The van der Waals surface area contributed by atoms with Gasteiger partial charge < -0.3 is 10.1 Å². The zero-order valence-corrected chi connectivity index (χ0v) is 16.3. The highest BCUT2D eigenvalue weighted by Crippen LogP contribution is 2.23. The van der Waals surface area contributed by atoms with Crippen molar-refractivity contribution in [1.29, 1.82) is 0 Å². The lowest BCUT2D eigenvalue weighted by Gasteiger charge is -2.09. The van der Waals surface area contributed by atoms with Gasteiger partial charge in [-0.1, -0.05) is 33.6 Å². The van der Waals surface area contributed by atoms with Gasteiger partial charge in [-0.15, -0.1) is 0 Å². The van der Waals surface area contributed by atoms with Crippen molar-refractivity contribution in [2.24, 2.45) is 5.10 Å². The van der Waals surface area contributed by atoms with E-state index in [2.05, 4.69) is 31.8 Å². The summed E-state index contributed by atoms with van der Waals surface area (Å²) in [6.07, 6.45) is 1.55. The molecule has 0 aromatic heterocycles. The Kier molecular flexibility index (Phi) is 7.09. The van der Waals surface area contributed by atoms with Crippen LogP contribution >= 0.6 is 28.1 Å². The SMILES string of the molecule is CCNC(=S)N/N=C\c1cc(Br)ccc1OC(=O)c1cccc(C)c1. The van der Waals surface area contributed by atoms with Crippen molar-refractivity contribution in [2.75, 3.05) is 6.54 Å². The van der Waals surface area contributed by atoms with Gasteiger partial charge in [0.15, 0.2) is 5.11 Å². The minimum absolute atomic E-state index is 0.412. The summed E-state index contributed by atoms with van der Waals surface area (Å²) in [4.78, 5) is 12.3. The molecular formula is C18H18BrN3O2S. The topological polar surface area (TPSA) is 62.7 Å². The molecule has 0 heterocycles. The number of hydrogen-bond donors (Lipinski definition) is 2. The number of nitrogens with one attached hydrogen (secondary N) is 2. The van der Waals surface area contributed by atoms with Crippen LogP contribution in [-0.4, -0.2) is 23.8 Å². The highest BCUT2D eigenvalue weighted by Gasteiger charge is 2.11. The monoisotopic (exact) mass is 419 g/mol. The predicted octanol–water partition coefficient (Wildman–Crippen LogP) is 3.79. The average molecular weight is 420 g/mol. The molecule has 2 aromatic rings. The van der Waals surface area contributed by atoms with Crippen LogP contribution in [0.15, 0.2) is 52.0 Å². The minimum Gasteiger partial charge on any atom is -0.422 e. The van der Waals surface area contributed by atoms with Crippen molar-refractivity contribution in [3.8, 4) is 5.75 Å². The maximum atomic E-state index is 12.3. The molecule has 2 N–H and O–H groups in total. The van der Waals surface area contributed by atoms with Crippen LogP contribution in [0.1, 0.15) is 28.4 Å². The number of carbonyl (C=O) groups excluding carboxylic acids is 1. The Balaban J connectivity index is 2.16. The van der Waals surface area contributed by atoms with Gasteiger partial charge in [0.1, 0.15) is 5.75 Å². The summed E-state index contributed by atoms with van der Waals surface area (Å²) in [5.41, 5.74) is 4.84. The average Bonchev–Trinajstić information content (AvgIpc) is 2.57. The van der Waals surface area contributed by atoms with Gasteiger partial charge in [-0.05, 0) is 56.4 Å². The zero-order chi connectivity index (χ0) is 18.2. The standard InChI is InChI=1S/C18H18BrN3O2S/c1-3-20-18(25)22-21-11-14-10-15(19)7-8-16(14)24-17(23)13-6-4-5-12(2)9-13/h4-11H,3H2,1-2H3,(H2,20,22,25)/b21-11-. The lowest BCUT2D eigenvalue weighted by molar-refractivity contribution is 0.0734. The molecule has 0 aliphatic carbocycles. The van der Waals surface area contributed by atoms with Gasteiger partial charge in [-0.25, -0.2) is 4.79 Å². The third-order valence-electron chi connectivity index (χ3n) is 3.14. The molecule has 0 saturated carbocycles. The fourth-order valence-corrected chi connectivity index (χ4v) is 2.58. The number of rotatable bonds is 5. The molecule has 0 atom stereocenters. The van der Waals surface area contributed by atoms with E-state index in [1.165, 1.54) is 0 Å². The van der Waals surface area contributed by atoms with E-state index in [1.807, 2.05) is 26.0 Å². The van der Waals surface area contributed by atoms with Crippen molar-refractivity contribution in [3.05, 3.63) is 63.6 Å². The lowest BCUT2D eigenvalue weighted by Crippen LogP contribution is -2.31. The van der Waals surface area contributed by atoms with Gasteiger partial charge in [0.25, 0.3) is 0 Å². The van der Waals surface area contributed by atoms with E-state index in [1.54, 1.807) is 36.5 Å². The second-order valence-electron chi connectivity index (χ2n) is 5.17. The number of hydrazone groups is 1. The molecule has 2 rings (SSSR count). The number of hydrogen-bond acceptors (Lipinski definition) is 4. The molecule has 0 bridgehead atoms. The Morgan fingerprint density at radius 2 is 2.12 bits per heavy atom. The second kappa shape index (κ2) is 9.29. The third-order valence-corrected chi connectivity index (χ3v) is 3.86. The molecule has 130 valence electrons. The number of esters is 1. The maximum absolute atomic E-state index is 12.3. The smallest absolute Gasteiger partial charge is 0.343 e. The first-order chi connectivity index (χ1) is 12.0. The number of carbonyl (C=O) groups is 1. The van der Waals surface area contributed by atoms with E-state index in [4.69, 9.17) is 17.0 Å². The summed E-state index contributed by atoms with van der Waals surface area (Å²) in [6, 6.07) is 12.6. The highest BCUT2D eigenvalue weighted by atomic mass is 79.9. The number of nitrogens with zero attached hydrogens (tertiary/aromatic N) is 1. The predicted molar refractivity (Wildman–Crippen MR) is 107 cm³/mol. The molecule has 0 unspecified atom stereocenters. The molecule has 2 aromatic carbocycles. The minimum atomic E-state index is -0.420. The largest absolute Gasteiger partial charge is 0.422 e. The first kappa shape index (κ1) is 19.1. The second-order valence-corrected chi connectivity index (χ2v) is 6.49. The summed E-state index contributed by atoms with van der Waals surface area (Å²) in [6.45, 7) is 4.57. The van der Waals surface area contributed by atoms with Crippen molar-refractivity contribution in [2.45, 2.75) is 13.8 Å². The molecule has 25 heavy (non-hydrogen) atoms. The zero-order valence-electron chi connectivity index (χ0n) is 13.9. The van der Waals surface area contributed by atoms with Gasteiger partial charge in [-0.2, -0.15) is 5.10 Å². The first-order valence-corrected chi connectivity index (χ1v) is 8.85. The van der Waals surface area contributed by atoms with Crippen LogP contribution in [0.3, 0.4) is 0 Å². The first-order valence-electron chi connectivity index (χ1n) is 7.65. The van der Waals surface area contributed by atoms with Gasteiger partial charge in [0.05, 0.1) is 11.8 Å². The molecule has 0 amide bonds. The summed E-state index contributed by atoms with van der Waals surface area (Å²) in [5, 5.41) is 7.42. The molecule has 0 radical (unpaired) electrons. The van der Waals surface area contributed by atoms with Crippen molar-refractivity contribution < 1.29 is 9.53 Å². The molecule has 0 spiro atoms. The van der Waals surface area contributed by atoms with Crippen LogP contribution < -0.4 is 15.5 Å². The molecule has 0 aliphatic rings. The molecule has 0 saturated heterocycles. The maximum Gasteiger partial charge on any atom is 0.343 e. The summed E-state index contributed by atoms with van der Waals surface area (Å²) in [5.74, 6) is -0.00794. The van der Waals surface area contributed by atoms with Crippen LogP contribution in [-0.2, 0) is 0 Å². The van der Waals surface area contributed by atoms with Crippen LogP contribution in [0.5, 0.6) is 5.75 Å². The van der Waals surface area contributed by atoms with Crippen LogP contribution in [0, 0.1) is 6.92 Å². The van der Waals surface area contributed by atoms with Gasteiger partial charge >= 0.3 is 5.97 Å². The van der Waals surface area contributed by atoms with Crippen LogP contribution in [0.25, 0.3) is 0 Å². The van der Waals surface area contributed by atoms with Crippen molar-refractivity contribution in [3.63, 3.8) is 0 Å². The summed E-state index contributed by atoms with van der Waals surface area (Å²) < 4.78 is 6.37. The Labute approximate surface area is 160 Å². The Hall–Kier alpha value is -2.25. The Morgan fingerprint density at radius 3 is 2.84 bits per heavy atom. The van der Waals surface area contributed by atoms with E-state index < -0.39 is 5.97 Å². The van der Waals surface area contributed by atoms with Crippen molar-refractivity contribution in [1.82, 2.24) is 10.7 Å². The summed E-state index contributed by atoms with van der Waals surface area (Å²) in [7, 11) is 0. The van der Waals surface area contributed by atoms with E-state index >= 15 is 0 Å². The molecule has 5 nitrogen and oxygen atoms in total. The lowest BCUT2D eigenvalue weighted by atomic mass is 10.1. The fraction of sp³-hybridized carbons (Fsp3) is 0.167. The number of ether oxygens (including phenoxy) is 1. The van der Waals surface area contributed by atoms with Crippen LogP contribution in [0.4, 0.5) is 0 Å². The third kappa shape index (κ3) is 5.95. The van der Waals surface area contributed by atoms with Gasteiger partial charge in [0.2, 0.25) is 0 Å². The Bertz CT molecular complexity index is 809. The molecule has 0 aliphatic heterocycles. The van der Waals surface area contributed by atoms with Crippen molar-refractivity contribution >= 4 is 45.4 Å². The number of thiocarbonyl (C=S) groups is 1. The van der Waals surface area contributed by atoms with Gasteiger partial charge in [0, 0.05) is 16.6 Å². The number of halogens is 1. The van der Waals surface area contributed by atoms with E-state index in [-0.39, 0.29) is 0 Å². The van der Waals surface area contributed by atoms with E-state index in [9.17, 15) is 4.79 Å². The van der Waals surface area contributed by atoms with E-state index in [0.717, 1.165) is 10.0 Å². The summed E-state index contributed by atoms with van der Waals surface area (Å²) >= 11 is 8.44. The normalized spacial score (nSPS) is 10.5. The number of aryl methyl sites for hydroxylation is 1. The quantitative estimate of drug-likeness (QED) is 0.253.